The normalized spacial score (nSPS) is 15.3. The summed E-state index contributed by atoms with van der Waals surface area (Å²) < 4.78 is 5.17. The van der Waals surface area contributed by atoms with Crippen molar-refractivity contribution in [3.05, 3.63) is 30.1 Å². The third-order valence-electron chi connectivity index (χ3n) is 3.07. The molecule has 1 aromatic rings. The molecule has 0 unspecified atom stereocenters. The van der Waals surface area contributed by atoms with Gasteiger partial charge in [0.15, 0.2) is 0 Å². The molecule has 0 aliphatic carbocycles. The summed E-state index contributed by atoms with van der Waals surface area (Å²) in [7, 11) is 0. The van der Waals surface area contributed by atoms with Crippen molar-refractivity contribution in [2.24, 2.45) is 0 Å². The maximum atomic E-state index is 11.7. The van der Waals surface area contributed by atoms with Gasteiger partial charge in [0.1, 0.15) is 0 Å². The van der Waals surface area contributed by atoms with E-state index in [2.05, 4.69) is 10.3 Å². The quantitative estimate of drug-likeness (QED) is 0.798. The van der Waals surface area contributed by atoms with Gasteiger partial charge in [-0.05, 0) is 24.6 Å². The molecular weight excluding hydrogens is 230 g/mol. The molecule has 5 heteroatoms. The molecule has 1 aliphatic heterocycles. The number of carbonyl (C=O) groups excluding carboxylic acids is 1. The molecular formula is C13H19N3O2. The molecule has 2 amide bonds. The Balaban J connectivity index is 1.67. The lowest BCUT2D eigenvalue weighted by atomic mass is 9.93. The van der Waals surface area contributed by atoms with Gasteiger partial charge in [0.05, 0.1) is 6.61 Å². The Bertz CT molecular complexity index is 377. The van der Waals surface area contributed by atoms with Crippen molar-refractivity contribution in [3.8, 4) is 0 Å². The Morgan fingerprint density at radius 2 is 2.22 bits per heavy atom. The van der Waals surface area contributed by atoms with Crippen molar-refractivity contribution < 1.29 is 9.53 Å². The zero-order chi connectivity index (χ0) is 12.8. The van der Waals surface area contributed by atoms with Crippen LogP contribution >= 0.6 is 0 Å². The fourth-order valence-electron chi connectivity index (χ4n) is 1.98. The minimum atomic E-state index is 0.00000850. The number of aromatic nitrogens is 1. The van der Waals surface area contributed by atoms with E-state index in [-0.39, 0.29) is 6.03 Å². The predicted octanol–water partition coefficient (Wildman–Crippen LogP) is 1.23. The number of nitrogens with zero attached hydrogens (tertiary/aromatic N) is 2. The third-order valence-corrected chi connectivity index (χ3v) is 3.07. The maximum Gasteiger partial charge on any atom is 0.317 e. The number of ether oxygens (including phenoxy) is 1. The molecule has 1 saturated heterocycles. The molecule has 0 saturated carbocycles. The highest BCUT2D eigenvalue weighted by atomic mass is 16.5. The van der Waals surface area contributed by atoms with Crippen molar-refractivity contribution >= 4 is 6.03 Å². The molecule has 0 aromatic carbocycles. The first-order chi connectivity index (χ1) is 8.81. The zero-order valence-electron chi connectivity index (χ0n) is 10.6. The van der Waals surface area contributed by atoms with Crippen molar-refractivity contribution in [1.29, 1.82) is 0 Å². The third kappa shape index (κ3) is 3.20. The topological polar surface area (TPSA) is 54.5 Å². The van der Waals surface area contributed by atoms with Gasteiger partial charge in [-0.25, -0.2) is 4.79 Å². The van der Waals surface area contributed by atoms with Gasteiger partial charge in [-0.3, -0.25) is 4.98 Å². The second-order valence-electron chi connectivity index (χ2n) is 4.31. The molecule has 98 valence electrons. The number of likely N-dealkylation sites (tertiary alicyclic amines) is 1. The minimum absolute atomic E-state index is 0.00000850. The first-order valence-corrected chi connectivity index (χ1v) is 6.31. The van der Waals surface area contributed by atoms with E-state index in [0.717, 1.165) is 13.1 Å². The van der Waals surface area contributed by atoms with Gasteiger partial charge in [-0.2, -0.15) is 0 Å². The summed E-state index contributed by atoms with van der Waals surface area (Å²) in [6, 6.07) is 4.02. The average molecular weight is 249 g/mol. The number of hydrogen-bond donors (Lipinski definition) is 1. The second-order valence-corrected chi connectivity index (χ2v) is 4.31. The molecule has 1 aromatic heterocycles. The monoisotopic (exact) mass is 249 g/mol. The van der Waals surface area contributed by atoms with E-state index in [0.29, 0.717) is 25.7 Å². The molecule has 0 atom stereocenters. The molecule has 1 aliphatic rings. The number of hydrogen-bond acceptors (Lipinski definition) is 3. The van der Waals surface area contributed by atoms with E-state index in [9.17, 15) is 4.79 Å². The van der Waals surface area contributed by atoms with Gasteiger partial charge in [-0.1, -0.05) is 0 Å². The van der Waals surface area contributed by atoms with Crippen LogP contribution in [0.1, 0.15) is 18.4 Å². The predicted molar refractivity (Wildman–Crippen MR) is 68.4 cm³/mol. The highest BCUT2D eigenvalue weighted by Gasteiger charge is 2.31. The van der Waals surface area contributed by atoms with Crippen LogP contribution in [0.5, 0.6) is 0 Å². The van der Waals surface area contributed by atoms with E-state index in [1.807, 2.05) is 24.0 Å². The van der Waals surface area contributed by atoms with Gasteiger partial charge in [0, 0.05) is 44.6 Å². The van der Waals surface area contributed by atoms with Gasteiger partial charge >= 0.3 is 6.03 Å². The number of nitrogens with one attached hydrogen (secondary N) is 1. The number of rotatable bonds is 5. The number of amides is 2. The van der Waals surface area contributed by atoms with Crippen LogP contribution in [0, 0.1) is 0 Å². The van der Waals surface area contributed by atoms with Crippen molar-refractivity contribution in [3.63, 3.8) is 0 Å². The molecule has 18 heavy (non-hydrogen) atoms. The molecule has 0 radical (unpaired) electrons. The van der Waals surface area contributed by atoms with Crippen LogP contribution in [0.2, 0.25) is 0 Å². The van der Waals surface area contributed by atoms with E-state index >= 15 is 0 Å². The smallest absolute Gasteiger partial charge is 0.317 e. The van der Waals surface area contributed by atoms with Gasteiger partial charge in [0.2, 0.25) is 0 Å². The summed E-state index contributed by atoms with van der Waals surface area (Å²) in [4.78, 5) is 17.5. The summed E-state index contributed by atoms with van der Waals surface area (Å²) in [6.07, 6.45) is 3.58. The molecule has 1 N–H and O–H groups in total. The Morgan fingerprint density at radius 3 is 2.89 bits per heavy atom. The Kier molecular flexibility index (Phi) is 4.52. The second kappa shape index (κ2) is 6.35. The fourth-order valence-corrected chi connectivity index (χ4v) is 1.98. The van der Waals surface area contributed by atoms with Crippen LogP contribution in [0.3, 0.4) is 0 Å². The first-order valence-electron chi connectivity index (χ1n) is 6.31. The Hall–Kier alpha value is -1.62. The molecule has 1 fully saturated rings. The van der Waals surface area contributed by atoms with Gasteiger partial charge in [-0.15, -0.1) is 0 Å². The van der Waals surface area contributed by atoms with Crippen LogP contribution in [-0.2, 0) is 4.74 Å². The molecule has 2 heterocycles. The zero-order valence-corrected chi connectivity index (χ0v) is 10.6. The number of carbonyl (C=O) groups is 1. The Morgan fingerprint density at radius 1 is 1.50 bits per heavy atom. The highest BCUT2D eigenvalue weighted by Crippen LogP contribution is 2.26. The van der Waals surface area contributed by atoms with Gasteiger partial charge in [0.25, 0.3) is 0 Å². The molecule has 5 nitrogen and oxygen atoms in total. The summed E-state index contributed by atoms with van der Waals surface area (Å²) in [5.41, 5.74) is 1.25. The SMILES string of the molecule is CCOCCNC(=O)N1CC(c2ccncc2)C1. The van der Waals surface area contributed by atoms with Crippen molar-refractivity contribution in [2.75, 3.05) is 32.8 Å². The first kappa shape index (κ1) is 12.8. The van der Waals surface area contributed by atoms with Crippen LogP contribution in [0.15, 0.2) is 24.5 Å². The Labute approximate surface area is 107 Å². The van der Waals surface area contributed by atoms with Crippen molar-refractivity contribution in [2.45, 2.75) is 12.8 Å². The lowest BCUT2D eigenvalue weighted by Gasteiger charge is -2.39. The minimum Gasteiger partial charge on any atom is -0.380 e. The summed E-state index contributed by atoms with van der Waals surface area (Å²) >= 11 is 0. The standard InChI is InChI=1S/C13H19N3O2/c1-2-18-8-7-15-13(17)16-9-12(10-16)11-3-5-14-6-4-11/h3-6,12H,2,7-10H2,1H3,(H,15,17). The van der Waals surface area contributed by atoms with E-state index in [4.69, 9.17) is 4.74 Å². The largest absolute Gasteiger partial charge is 0.380 e. The highest BCUT2D eigenvalue weighted by molar-refractivity contribution is 5.75. The van der Waals surface area contributed by atoms with Crippen molar-refractivity contribution in [1.82, 2.24) is 15.2 Å². The van der Waals surface area contributed by atoms with Crippen LogP contribution in [-0.4, -0.2) is 48.8 Å². The summed E-state index contributed by atoms with van der Waals surface area (Å²) in [6.45, 7) is 5.34. The molecule has 0 spiro atoms. The molecule has 0 bridgehead atoms. The summed E-state index contributed by atoms with van der Waals surface area (Å²) in [5, 5.41) is 2.84. The lowest BCUT2D eigenvalue weighted by Crippen LogP contribution is -2.52. The van der Waals surface area contributed by atoms with Crippen LogP contribution in [0.25, 0.3) is 0 Å². The van der Waals surface area contributed by atoms with E-state index < -0.39 is 0 Å². The summed E-state index contributed by atoms with van der Waals surface area (Å²) in [5.74, 6) is 0.450. The average Bonchev–Trinajstić information content (AvgIpc) is 2.34. The maximum absolute atomic E-state index is 11.7. The van der Waals surface area contributed by atoms with Crippen LogP contribution in [0.4, 0.5) is 4.79 Å². The lowest BCUT2D eigenvalue weighted by molar-refractivity contribution is 0.133. The fraction of sp³-hybridized carbons (Fsp3) is 0.538. The number of urea groups is 1. The molecule has 2 rings (SSSR count). The number of pyridine rings is 1. The van der Waals surface area contributed by atoms with Gasteiger partial charge < -0.3 is 15.0 Å². The van der Waals surface area contributed by atoms with E-state index in [1.165, 1.54) is 5.56 Å². The van der Waals surface area contributed by atoms with Crippen LogP contribution < -0.4 is 5.32 Å². The van der Waals surface area contributed by atoms with E-state index in [1.54, 1.807) is 12.4 Å².